The fourth-order valence-corrected chi connectivity index (χ4v) is 1.96. The monoisotopic (exact) mass is 268 g/mol. The number of rotatable bonds is 6. The van der Waals surface area contributed by atoms with Gasteiger partial charge in [-0.2, -0.15) is 0 Å². The third-order valence-corrected chi connectivity index (χ3v) is 3.00. The zero-order valence-corrected chi connectivity index (χ0v) is 11.8. The maximum atomic E-state index is 13.3. The molecule has 0 saturated heterocycles. The van der Waals surface area contributed by atoms with Crippen LogP contribution in [0.2, 0.25) is 0 Å². The Labute approximate surface area is 113 Å². The minimum atomic E-state index is -0.772. The second-order valence-corrected chi connectivity index (χ2v) is 5.27. The lowest BCUT2D eigenvalue weighted by Gasteiger charge is -2.27. The van der Waals surface area contributed by atoms with Gasteiger partial charge in [-0.1, -0.05) is 0 Å². The largest absolute Gasteiger partial charge is 0.382 e. The van der Waals surface area contributed by atoms with E-state index in [1.807, 2.05) is 20.8 Å². The predicted octanol–water partition coefficient (Wildman–Crippen LogP) is 2.54. The zero-order chi connectivity index (χ0) is 14.6. The molecule has 1 unspecified atom stereocenters. The Kier molecular flexibility index (Phi) is 4.89. The first-order chi connectivity index (χ1) is 8.75. The molecule has 3 N–H and O–H groups in total. The van der Waals surface area contributed by atoms with Crippen molar-refractivity contribution in [3.05, 3.63) is 29.6 Å². The van der Waals surface area contributed by atoms with Gasteiger partial charge in [-0.05, 0) is 45.4 Å². The van der Waals surface area contributed by atoms with E-state index < -0.39 is 11.7 Å². The first-order valence-electron chi connectivity index (χ1n) is 6.16. The zero-order valence-electron chi connectivity index (χ0n) is 11.8. The van der Waals surface area contributed by atoms with Crippen LogP contribution in [0.5, 0.6) is 0 Å². The molecule has 19 heavy (non-hydrogen) atoms. The van der Waals surface area contributed by atoms with Crippen molar-refractivity contribution < 1.29 is 13.9 Å². The van der Waals surface area contributed by atoms with Gasteiger partial charge in [-0.3, -0.25) is 4.79 Å². The number of benzene rings is 1. The van der Waals surface area contributed by atoms with E-state index in [0.29, 0.717) is 5.69 Å². The molecule has 0 saturated carbocycles. The molecular formula is C14H21FN2O2. The fraction of sp³-hybridized carbons (Fsp3) is 0.500. The van der Waals surface area contributed by atoms with E-state index in [1.165, 1.54) is 12.1 Å². The molecule has 0 fully saturated rings. The van der Waals surface area contributed by atoms with Gasteiger partial charge >= 0.3 is 0 Å². The van der Waals surface area contributed by atoms with Gasteiger partial charge in [-0.15, -0.1) is 0 Å². The summed E-state index contributed by atoms with van der Waals surface area (Å²) in [7, 11) is 1.66. The Balaban J connectivity index is 2.77. The van der Waals surface area contributed by atoms with Gasteiger partial charge < -0.3 is 15.8 Å². The number of methoxy groups -OCH3 is 1. The number of nitrogens with one attached hydrogen (secondary N) is 1. The quantitative estimate of drug-likeness (QED) is 0.833. The van der Waals surface area contributed by atoms with E-state index in [9.17, 15) is 9.18 Å². The highest BCUT2D eigenvalue weighted by atomic mass is 19.1. The number of carbonyl (C=O) groups is 1. The van der Waals surface area contributed by atoms with Crippen molar-refractivity contribution in [3.8, 4) is 0 Å². The lowest BCUT2D eigenvalue weighted by Crippen LogP contribution is -2.31. The summed E-state index contributed by atoms with van der Waals surface area (Å²) in [6.07, 6.45) is 0.771. The summed E-state index contributed by atoms with van der Waals surface area (Å²) in [5, 5.41) is 3.20. The highest BCUT2D eigenvalue weighted by molar-refractivity contribution is 5.94. The Hall–Kier alpha value is -1.62. The average molecular weight is 268 g/mol. The van der Waals surface area contributed by atoms with E-state index in [1.54, 1.807) is 13.2 Å². The van der Waals surface area contributed by atoms with Crippen LogP contribution in [0.3, 0.4) is 0 Å². The third kappa shape index (κ3) is 4.52. The number of ether oxygens (including phenoxy) is 1. The average Bonchev–Trinajstić information content (AvgIpc) is 2.30. The lowest BCUT2D eigenvalue weighted by atomic mass is 9.99. The fourth-order valence-electron chi connectivity index (χ4n) is 1.96. The van der Waals surface area contributed by atoms with Crippen molar-refractivity contribution in [1.82, 2.24) is 0 Å². The summed E-state index contributed by atoms with van der Waals surface area (Å²) in [6.45, 7) is 5.98. The second-order valence-electron chi connectivity index (χ2n) is 5.27. The van der Waals surface area contributed by atoms with Crippen LogP contribution in [-0.2, 0) is 4.74 Å². The van der Waals surface area contributed by atoms with Gasteiger partial charge in [0.2, 0.25) is 0 Å². The number of halogens is 1. The van der Waals surface area contributed by atoms with Crippen molar-refractivity contribution in [2.45, 2.75) is 38.8 Å². The molecule has 0 aliphatic heterocycles. The number of amides is 1. The van der Waals surface area contributed by atoms with E-state index in [-0.39, 0.29) is 17.2 Å². The van der Waals surface area contributed by atoms with Crippen LogP contribution in [0.4, 0.5) is 10.1 Å². The molecule has 1 rings (SSSR count). The van der Waals surface area contributed by atoms with Crippen molar-refractivity contribution in [2.75, 3.05) is 12.4 Å². The first kappa shape index (κ1) is 15.4. The summed E-state index contributed by atoms with van der Waals surface area (Å²) in [6, 6.07) is 4.35. The summed E-state index contributed by atoms with van der Waals surface area (Å²) >= 11 is 0. The molecule has 0 aromatic heterocycles. The van der Waals surface area contributed by atoms with Crippen molar-refractivity contribution in [3.63, 3.8) is 0 Å². The molecule has 0 spiro atoms. The first-order valence-corrected chi connectivity index (χ1v) is 6.16. The van der Waals surface area contributed by atoms with Crippen molar-refractivity contribution in [1.29, 1.82) is 0 Å². The molecule has 0 radical (unpaired) electrons. The van der Waals surface area contributed by atoms with Crippen LogP contribution in [-0.4, -0.2) is 24.7 Å². The number of anilines is 1. The minimum Gasteiger partial charge on any atom is -0.382 e. The normalized spacial score (nSPS) is 13.1. The molecule has 0 heterocycles. The summed E-state index contributed by atoms with van der Waals surface area (Å²) < 4.78 is 18.7. The summed E-state index contributed by atoms with van der Waals surface area (Å²) in [5.74, 6) is -1.38. The maximum absolute atomic E-state index is 13.3. The molecule has 0 aliphatic carbocycles. The molecule has 5 heteroatoms. The van der Waals surface area contributed by atoms with Crippen LogP contribution in [0, 0.1) is 5.82 Å². The Bertz CT molecular complexity index is 461. The third-order valence-electron chi connectivity index (χ3n) is 3.00. The number of hydrogen-bond acceptors (Lipinski definition) is 3. The van der Waals surface area contributed by atoms with Gasteiger partial charge in [0.05, 0.1) is 11.2 Å². The Morgan fingerprint density at radius 2 is 2.16 bits per heavy atom. The van der Waals surface area contributed by atoms with Gasteiger partial charge in [0.25, 0.3) is 5.91 Å². The number of nitrogens with two attached hydrogens (primary N) is 1. The molecule has 1 aromatic carbocycles. The van der Waals surface area contributed by atoms with Crippen LogP contribution in [0.15, 0.2) is 18.2 Å². The maximum Gasteiger partial charge on any atom is 0.251 e. The molecule has 4 nitrogen and oxygen atoms in total. The predicted molar refractivity (Wildman–Crippen MR) is 73.7 cm³/mol. The molecule has 1 aromatic rings. The number of primary amides is 1. The SMILES string of the molecule is COC(C)(C)CC(C)Nc1ccc(F)c(C(N)=O)c1. The lowest BCUT2D eigenvalue weighted by molar-refractivity contribution is 0.0128. The van der Waals surface area contributed by atoms with Gasteiger partial charge in [0.15, 0.2) is 0 Å². The van der Waals surface area contributed by atoms with Gasteiger partial charge in [0.1, 0.15) is 5.82 Å². The van der Waals surface area contributed by atoms with Crippen molar-refractivity contribution in [2.24, 2.45) is 5.73 Å². The standard InChI is InChI=1S/C14H21FN2O2/c1-9(8-14(2,3)19-4)17-10-5-6-12(15)11(7-10)13(16)18/h5-7,9,17H,8H2,1-4H3,(H2,16,18). The molecule has 1 amide bonds. The molecule has 106 valence electrons. The smallest absolute Gasteiger partial charge is 0.251 e. The van der Waals surface area contributed by atoms with Crippen LogP contribution in [0.1, 0.15) is 37.6 Å². The number of carbonyl (C=O) groups excluding carboxylic acids is 1. The molecular weight excluding hydrogens is 247 g/mol. The number of hydrogen-bond donors (Lipinski definition) is 2. The van der Waals surface area contributed by atoms with Crippen LogP contribution >= 0.6 is 0 Å². The Morgan fingerprint density at radius 3 is 2.68 bits per heavy atom. The second kappa shape index (κ2) is 6.02. The topological polar surface area (TPSA) is 64.3 Å². The molecule has 0 aliphatic rings. The Morgan fingerprint density at radius 1 is 1.53 bits per heavy atom. The van der Waals surface area contributed by atoms with Crippen molar-refractivity contribution >= 4 is 11.6 Å². The highest BCUT2D eigenvalue weighted by Gasteiger charge is 2.20. The van der Waals surface area contributed by atoms with Crippen LogP contribution in [0.25, 0.3) is 0 Å². The van der Waals surface area contributed by atoms with E-state index in [0.717, 1.165) is 6.42 Å². The van der Waals surface area contributed by atoms with E-state index in [2.05, 4.69) is 5.32 Å². The minimum absolute atomic E-state index is 0.108. The summed E-state index contributed by atoms with van der Waals surface area (Å²) in [4.78, 5) is 11.1. The molecule has 0 bridgehead atoms. The highest BCUT2D eigenvalue weighted by Crippen LogP contribution is 2.20. The molecule has 1 atom stereocenters. The summed E-state index contributed by atoms with van der Waals surface area (Å²) in [5.41, 5.74) is 5.41. The van der Waals surface area contributed by atoms with E-state index >= 15 is 0 Å². The van der Waals surface area contributed by atoms with Gasteiger partial charge in [0, 0.05) is 18.8 Å². The van der Waals surface area contributed by atoms with Crippen LogP contribution < -0.4 is 11.1 Å². The van der Waals surface area contributed by atoms with Gasteiger partial charge in [-0.25, -0.2) is 4.39 Å². The van der Waals surface area contributed by atoms with E-state index in [4.69, 9.17) is 10.5 Å².